The Balaban J connectivity index is 2.11. The summed E-state index contributed by atoms with van der Waals surface area (Å²) in [7, 11) is 1.33. The molecule has 0 amide bonds. The minimum absolute atomic E-state index is 0.105. The van der Waals surface area contributed by atoms with E-state index in [1.807, 2.05) is 42.5 Å². The first-order valence-corrected chi connectivity index (χ1v) is 11.4. The van der Waals surface area contributed by atoms with E-state index < -0.39 is 23.3 Å². The SMILES string of the molecule is CCOC(=O)C1(C(=O)OCC)C(c2ccccc2)=C(c2ccc(C(=O)OC)cc2)c2ccccc21. The van der Waals surface area contributed by atoms with Gasteiger partial charge >= 0.3 is 17.9 Å². The highest BCUT2D eigenvalue weighted by atomic mass is 16.6. The van der Waals surface area contributed by atoms with Gasteiger partial charge in [0.05, 0.1) is 25.9 Å². The minimum atomic E-state index is -1.81. The van der Waals surface area contributed by atoms with Crippen molar-refractivity contribution in [3.8, 4) is 0 Å². The molecule has 0 aliphatic heterocycles. The summed E-state index contributed by atoms with van der Waals surface area (Å²) in [5, 5.41) is 0. The Bertz CT molecular complexity index is 1270. The van der Waals surface area contributed by atoms with Crippen LogP contribution in [-0.4, -0.2) is 38.2 Å². The van der Waals surface area contributed by atoms with Gasteiger partial charge < -0.3 is 14.2 Å². The number of carbonyl (C=O) groups excluding carboxylic acids is 3. The third kappa shape index (κ3) is 3.91. The average Bonchev–Trinajstić information content (AvgIpc) is 3.21. The number of fused-ring (bicyclic) bond motifs is 1. The number of carbonyl (C=O) groups is 3. The molecule has 0 saturated carbocycles. The van der Waals surface area contributed by atoms with Gasteiger partial charge in [-0.05, 0) is 53.8 Å². The molecular weight excluding hydrogens is 444 g/mol. The Morgan fingerprint density at radius 2 is 1.29 bits per heavy atom. The van der Waals surface area contributed by atoms with Gasteiger partial charge in [-0.1, -0.05) is 66.7 Å². The summed E-state index contributed by atoms with van der Waals surface area (Å²) >= 11 is 0. The van der Waals surface area contributed by atoms with Gasteiger partial charge in [0.25, 0.3) is 0 Å². The van der Waals surface area contributed by atoms with Crippen molar-refractivity contribution in [3.63, 3.8) is 0 Å². The first kappa shape index (κ1) is 24.0. The summed E-state index contributed by atoms with van der Waals surface area (Å²) in [6.07, 6.45) is 0. The number of ether oxygens (including phenoxy) is 3. The van der Waals surface area contributed by atoms with Crippen LogP contribution in [0.1, 0.15) is 46.5 Å². The monoisotopic (exact) mass is 470 g/mol. The molecule has 0 heterocycles. The van der Waals surface area contributed by atoms with E-state index in [0.717, 1.165) is 11.1 Å². The summed E-state index contributed by atoms with van der Waals surface area (Å²) in [6.45, 7) is 3.62. The van der Waals surface area contributed by atoms with Crippen LogP contribution in [0.4, 0.5) is 0 Å². The van der Waals surface area contributed by atoms with Gasteiger partial charge in [0, 0.05) is 5.57 Å². The van der Waals surface area contributed by atoms with E-state index >= 15 is 0 Å². The van der Waals surface area contributed by atoms with Crippen molar-refractivity contribution in [1.29, 1.82) is 0 Å². The number of hydrogen-bond donors (Lipinski definition) is 0. The molecule has 1 aliphatic carbocycles. The molecule has 6 nitrogen and oxygen atoms in total. The van der Waals surface area contributed by atoms with Crippen LogP contribution in [0, 0.1) is 0 Å². The number of esters is 3. The maximum atomic E-state index is 13.8. The molecule has 0 radical (unpaired) electrons. The fourth-order valence-electron chi connectivity index (χ4n) is 4.63. The molecule has 0 fully saturated rings. The van der Waals surface area contributed by atoms with Crippen molar-refractivity contribution in [2.45, 2.75) is 19.3 Å². The normalized spacial score (nSPS) is 13.7. The van der Waals surface area contributed by atoms with E-state index in [1.165, 1.54) is 7.11 Å². The van der Waals surface area contributed by atoms with Crippen LogP contribution >= 0.6 is 0 Å². The molecule has 3 aromatic carbocycles. The van der Waals surface area contributed by atoms with Crippen LogP contribution in [0.3, 0.4) is 0 Å². The van der Waals surface area contributed by atoms with Crippen molar-refractivity contribution in [2.24, 2.45) is 0 Å². The lowest BCUT2D eigenvalue weighted by molar-refractivity contribution is -0.161. The zero-order valence-electron chi connectivity index (χ0n) is 19.9. The average molecular weight is 471 g/mol. The Hall–Kier alpha value is -4.19. The molecule has 0 atom stereocenters. The fourth-order valence-corrected chi connectivity index (χ4v) is 4.63. The maximum Gasteiger partial charge on any atom is 0.337 e. The van der Waals surface area contributed by atoms with Gasteiger partial charge in [-0.15, -0.1) is 0 Å². The molecule has 35 heavy (non-hydrogen) atoms. The predicted octanol–water partition coefficient (Wildman–Crippen LogP) is 4.81. The first-order chi connectivity index (χ1) is 17.0. The van der Waals surface area contributed by atoms with Crippen LogP contribution in [0.25, 0.3) is 11.1 Å². The molecule has 4 rings (SSSR count). The summed E-state index contributed by atoms with van der Waals surface area (Å²) in [5.41, 5.74) is 2.43. The van der Waals surface area contributed by atoms with E-state index in [2.05, 4.69) is 0 Å². The highest BCUT2D eigenvalue weighted by Crippen LogP contribution is 2.54. The quantitative estimate of drug-likeness (QED) is 0.280. The van der Waals surface area contributed by atoms with E-state index in [9.17, 15) is 14.4 Å². The van der Waals surface area contributed by atoms with Crippen molar-refractivity contribution >= 4 is 29.1 Å². The summed E-state index contributed by atoms with van der Waals surface area (Å²) in [4.78, 5) is 39.5. The highest BCUT2D eigenvalue weighted by molar-refractivity contribution is 6.27. The number of rotatable bonds is 7. The lowest BCUT2D eigenvalue weighted by atomic mass is 9.74. The largest absolute Gasteiger partial charge is 0.465 e. The molecular formula is C29H26O6. The zero-order valence-corrected chi connectivity index (χ0v) is 19.9. The molecule has 0 spiro atoms. The Kier molecular flexibility index (Phi) is 6.82. The molecule has 0 bridgehead atoms. The van der Waals surface area contributed by atoms with Crippen LogP contribution in [0.2, 0.25) is 0 Å². The Morgan fingerprint density at radius 1 is 0.714 bits per heavy atom. The fraction of sp³-hybridized carbons (Fsp3) is 0.207. The second-order valence-electron chi connectivity index (χ2n) is 7.92. The molecule has 178 valence electrons. The van der Waals surface area contributed by atoms with E-state index in [1.54, 1.807) is 50.2 Å². The topological polar surface area (TPSA) is 78.9 Å². The number of hydrogen-bond acceptors (Lipinski definition) is 6. The Labute approximate surface area is 204 Å². The number of methoxy groups -OCH3 is 1. The zero-order chi connectivity index (χ0) is 25.0. The van der Waals surface area contributed by atoms with Crippen molar-refractivity contribution in [3.05, 3.63) is 107 Å². The summed E-state index contributed by atoms with van der Waals surface area (Å²) in [5.74, 6) is -1.83. The van der Waals surface area contributed by atoms with Gasteiger partial charge in [-0.3, -0.25) is 9.59 Å². The molecule has 0 aromatic heterocycles. The second-order valence-corrected chi connectivity index (χ2v) is 7.92. The number of benzene rings is 3. The molecule has 3 aromatic rings. The minimum Gasteiger partial charge on any atom is -0.465 e. The predicted molar refractivity (Wildman–Crippen MR) is 132 cm³/mol. The van der Waals surface area contributed by atoms with Gasteiger partial charge in [0.15, 0.2) is 0 Å². The van der Waals surface area contributed by atoms with E-state index in [-0.39, 0.29) is 13.2 Å². The molecule has 0 unspecified atom stereocenters. The van der Waals surface area contributed by atoms with Crippen LogP contribution < -0.4 is 0 Å². The molecule has 6 heteroatoms. The molecule has 0 N–H and O–H groups in total. The molecule has 1 aliphatic rings. The smallest absolute Gasteiger partial charge is 0.337 e. The Morgan fingerprint density at radius 3 is 1.86 bits per heavy atom. The van der Waals surface area contributed by atoms with Crippen LogP contribution in [-0.2, 0) is 29.2 Å². The third-order valence-electron chi connectivity index (χ3n) is 6.05. The van der Waals surface area contributed by atoms with Gasteiger partial charge in [0.2, 0.25) is 5.41 Å². The summed E-state index contributed by atoms with van der Waals surface area (Å²) in [6, 6.07) is 23.5. The highest BCUT2D eigenvalue weighted by Gasteiger charge is 2.59. The van der Waals surface area contributed by atoms with E-state index in [4.69, 9.17) is 14.2 Å². The van der Waals surface area contributed by atoms with Crippen LogP contribution in [0.15, 0.2) is 78.9 Å². The van der Waals surface area contributed by atoms with Crippen LogP contribution in [0.5, 0.6) is 0 Å². The second kappa shape index (κ2) is 9.97. The van der Waals surface area contributed by atoms with Crippen molar-refractivity contribution in [2.75, 3.05) is 20.3 Å². The van der Waals surface area contributed by atoms with Gasteiger partial charge in [-0.2, -0.15) is 0 Å². The first-order valence-electron chi connectivity index (χ1n) is 11.4. The molecule has 0 saturated heterocycles. The van der Waals surface area contributed by atoms with E-state index in [0.29, 0.717) is 27.8 Å². The standard InChI is InChI=1S/C29H26O6/c1-4-34-27(31)29(28(32)35-5-2)23-14-10-9-13-22(23)24(25(29)20-11-7-6-8-12-20)19-15-17-21(18-16-19)26(30)33-3/h6-18H,4-5H2,1-3H3. The maximum absolute atomic E-state index is 13.8. The summed E-state index contributed by atoms with van der Waals surface area (Å²) < 4.78 is 15.9. The lowest BCUT2D eigenvalue weighted by Gasteiger charge is -2.29. The van der Waals surface area contributed by atoms with Crippen molar-refractivity contribution in [1.82, 2.24) is 0 Å². The van der Waals surface area contributed by atoms with Crippen molar-refractivity contribution < 1.29 is 28.6 Å². The lowest BCUT2D eigenvalue weighted by Crippen LogP contribution is -2.46. The third-order valence-corrected chi connectivity index (χ3v) is 6.05. The van der Waals surface area contributed by atoms with Gasteiger partial charge in [-0.25, -0.2) is 4.79 Å². The van der Waals surface area contributed by atoms with Gasteiger partial charge in [0.1, 0.15) is 0 Å².